The Morgan fingerprint density at radius 1 is 0.895 bits per heavy atom. The van der Waals surface area contributed by atoms with E-state index in [0.29, 0.717) is 35.7 Å². The Morgan fingerprint density at radius 2 is 1.53 bits per heavy atom. The van der Waals surface area contributed by atoms with Crippen LogP contribution in [0, 0.1) is 17.8 Å². The van der Waals surface area contributed by atoms with Crippen LogP contribution in [0.15, 0.2) is 0 Å². The molecule has 0 saturated heterocycles. The van der Waals surface area contributed by atoms with Crippen molar-refractivity contribution in [2.45, 2.75) is 76.3 Å². The molecule has 3 N–H and O–H groups in total. The van der Waals surface area contributed by atoms with Crippen LogP contribution in [0.2, 0.25) is 0 Å². The van der Waals surface area contributed by atoms with E-state index in [2.05, 4.69) is 5.32 Å². The molecule has 0 spiro atoms. The van der Waals surface area contributed by atoms with Crippen molar-refractivity contribution in [3.63, 3.8) is 0 Å². The van der Waals surface area contributed by atoms with Gasteiger partial charge in [-0.05, 0) is 50.4 Å². The van der Waals surface area contributed by atoms with Crippen LogP contribution in [-0.4, -0.2) is 18.0 Å². The fourth-order valence-electron chi connectivity index (χ4n) is 4.67. The molecule has 2 bridgehead atoms. The Labute approximate surface area is 116 Å². The van der Waals surface area contributed by atoms with Crippen molar-refractivity contribution < 1.29 is 4.79 Å². The summed E-state index contributed by atoms with van der Waals surface area (Å²) in [5.41, 5.74) is 6.15. The quantitative estimate of drug-likeness (QED) is 0.805. The second-order valence-electron chi connectivity index (χ2n) is 7.05. The molecule has 3 nitrogen and oxygen atoms in total. The van der Waals surface area contributed by atoms with E-state index in [9.17, 15) is 4.79 Å². The summed E-state index contributed by atoms with van der Waals surface area (Å²) >= 11 is 0. The van der Waals surface area contributed by atoms with Gasteiger partial charge in [0.15, 0.2) is 0 Å². The molecule has 2 atom stereocenters. The highest BCUT2D eigenvalue weighted by atomic mass is 16.1. The van der Waals surface area contributed by atoms with E-state index in [0.717, 1.165) is 25.7 Å². The smallest absolute Gasteiger partial charge is 0.223 e. The van der Waals surface area contributed by atoms with Crippen molar-refractivity contribution in [3.8, 4) is 0 Å². The molecule has 1 amide bonds. The summed E-state index contributed by atoms with van der Waals surface area (Å²) in [7, 11) is 0. The number of hydrogen-bond acceptors (Lipinski definition) is 2. The molecule has 108 valence electrons. The summed E-state index contributed by atoms with van der Waals surface area (Å²) in [5.74, 6) is 1.94. The molecule has 3 heteroatoms. The number of rotatable bonds is 2. The second-order valence-corrected chi connectivity index (χ2v) is 7.05. The molecular formula is C16H28N2O. The Morgan fingerprint density at radius 3 is 2.16 bits per heavy atom. The van der Waals surface area contributed by atoms with Gasteiger partial charge >= 0.3 is 0 Å². The Bertz CT molecular complexity index is 311. The third-order valence-electron chi connectivity index (χ3n) is 5.66. The Kier molecular flexibility index (Phi) is 4.11. The molecule has 3 saturated carbocycles. The predicted octanol–water partition coefficient (Wildman–Crippen LogP) is 2.59. The van der Waals surface area contributed by atoms with Gasteiger partial charge < -0.3 is 11.1 Å². The van der Waals surface area contributed by atoms with Crippen LogP contribution in [0.1, 0.15) is 64.2 Å². The minimum absolute atomic E-state index is 0.296. The zero-order valence-electron chi connectivity index (χ0n) is 11.9. The molecule has 0 heterocycles. The predicted molar refractivity (Wildman–Crippen MR) is 76.5 cm³/mol. The zero-order chi connectivity index (χ0) is 13.2. The standard InChI is InChI=1S/C16H28N2O/c17-14-9-12-7-4-8-13(10-14)15(12)18-16(19)11-5-2-1-3-6-11/h11-15H,1-10,17H2,(H,18,19). The molecule has 0 aromatic heterocycles. The van der Waals surface area contributed by atoms with Gasteiger partial charge in [-0.25, -0.2) is 0 Å². The van der Waals surface area contributed by atoms with Crippen LogP contribution < -0.4 is 11.1 Å². The molecule has 2 unspecified atom stereocenters. The topological polar surface area (TPSA) is 55.1 Å². The van der Waals surface area contributed by atoms with E-state index in [4.69, 9.17) is 5.73 Å². The first-order valence-corrected chi connectivity index (χ1v) is 8.30. The SMILES string of the molecule is NC1CC2CCCC(C1)C2NC(=O)C1CCCCC1. The maximum Gasteiger partial charge on any atom is 0.223 e. The minimum Gasteiger partial charge on any atom is -0.353 e. The van der Waals surface area contributed by atoms with E-state index in [1.54, 1.807) is 0 Å². The van der Waals surface area contributed by atoms with Crippen molar-refractivity contribution in [2.75, 3.05) is 0 Å². The van der Waals surface area contributed by atoms with Gasteiger partial charge in [0.1, 0.15) is 0 Å². The lowest BCUT2D eigenvalue weighted by Gasteiger charge is -2.45. The molecule has 3 rings (SSSR count). The molecule has 19 heavy (non-hydrogen) atoms. The lowest BCUT2D eigenvalue weighted by molar-refractivity contribution is -0.128. The summed E-state index contributed by atoms with van der Waals surface area (Å²) in [6.45, 7) is 0. The number of nitrogens with two attached hydrogens (primary N) is 1. The highest BCUT2D eigenvalue weighted by molar-refractivity contribution is 5.79. The first-order chi connectivity index (χ1) is 9.24. The highest BCUT2D eigenvalue weighted by Crippen LogP contribution is 2.40. The largest absolute Gasteiger partial charge is 0.353 e. The van der Waals surface area contributed by atoms with Crippen molar-refractivity contribution in [1.29, 1.82) is 0 Å². The van der Waals surface area contributed by atoms with E-state index < -0.39 is 0 Å². The summed E-state index contributed by atoms with van der Waals surface area (Å²) in [6.07, 6.45) is 12.1. The average Bonchev–Trinajstić information content (AvgIpc) is 2.41. The molecule has 3 fully saturated rings. The van der Waals surface area contributed by atoms with Crippen LogP contribution >= 0.6 is 0 Å². The fourth-order valence-corrected chi connectivity index (χ4v) is 4.67. The number of fused-ring (bicyclic) bond motifs is 2. The average molecular weight is 264 g/mol. The monoisotopic (exact) mass is 264 g/mol. The molecule has 3 aliphatic rings. The molecule has 3 aliphatic carbocycles. The van der Waals surface area contributed by atoms with Gasteiger partial charge in [-0.15, -0.1) is 0 Å². The maximum absolute atomic E-state index is 12.4. The van der Waals surface area contributed by atoms with E-state index >= 15 is 0 Å². The molecule has 0 aromatic carbocycles. The van der Waals surface area contributed by atoms with Gasteiger partial charge in [-0.1, -0.05) is 25.7 Å². The lowest BCUT2D eigenvalue weighted by Crippen LogP contribution is -2.54. The first-order valence-electron chi connectivity index (χ1n) is 8.30. The van der Waals surface area contributed by atoms with Gasteiger partial charge in [0, 0.05) is 18.0 Å². The number of carbonyl (C=O) groups is 1. The zero-order valence-corrected chi connectivity index (χ0v) is 11.9. The van der Waals surface area contributed by atoms with Gasteiger partial charge in [0.2, 0.25) is 5.91 Å². The lowest BCUT2D eigenvalue weighted by atomic mass is 9.67. The first kappa shape index (κ1) is 13.4. The normalized spacial score (nSPS) is 39.8. The number of amides is 1. The number of nitrogens with one attached hydrogen (secondary N) is 1. The molecule has 0 radical (unpaired) electrons. The van der Waals surface area contributed by atoms with Gasteiger partial charge in [-0.3, -0.25) is 4.79 Å². The highest BCUT2D eigenvalue weighted by Gasteiger charge is 2.40. The van der Waals surface area contributed by atoms with Gasteiger partial charge in [-0.2, -0.15) is 0 Å². The van der Waals surface area contributed by atoms with Crippen molar-refractivity contribution in [2.24, 2.45) is 23.5 Å². The van der Waals surface area contributed by atoms with Crippen LogP contribution in [-0.2, 0) is 4.79 Å². The molecule has 0 aliphatic heterocycles. The van der Waals surface area contributed by atoms with Crippen molar-refractivity contribution in [3.05, 3.63) is 0 Å². The van der Waals surface area contributed by atoms with Crippen LogP contribution in [0.5, 0.6) is 0 Å². The van der Waals surface area contributed by atoms with Crippen molar-refractivity contribution in [1.82, 2.24) is 5.32 Å². The number of carbonyl (C=O) groups excluding carboxylic acids is 1. The number of hydrogen-bond donors (Lipinski definition) is 2. The molecule has 0 aromatic rings. The van der Waals surface area contributed by atoms with Crippen LogP contribution in [0.4, 0.5) is 0 Å². The van der Waals surface area contributed by atoms with Gasteiger partial charge in [0.05, 0.1) is 0 Å². The van der Waals surface area contributed by atoms with Crippen LogP contribution in [0.25, 0.3) is 0 Å². The molecular weight excluding hydrogens is 236 g/mol. The summed E-state index contributed by atoms with van der Waals surface area (Å²) in [4.78, 5) is 12.4. The Hall–Kier alpha value is -0.570. The fraction of sp³-hybridized carbons (Fsp3) is 0.938. The Balaban J connectivity index is 1.60. The van der Waals surface area contributed by atoms with Crippen molar-refractivity contribution >= 4 is 5.91 Å². The minimum atomic E-state index is 0.296. The summed E-state index contributed by atoms with van der Waals surface area (Å²) in [6, 6.07) is 0.807. The third-order valence-corrected chi connectivity index (χ3v) is 5.66. The second kappa shape index (κ2) is 5.82. The third kappa shape index (κ3) is 2.96. The maximum atomic E-state index is 12.4. The van der Waals surface area contributed by atoms with Crippen LogP contribution in [0.3, 0.4) is 0 Å². The van der Waals surface area contributed by atoms with E-state index in [-0.39, 0.29) is 0 Å². The summed E-state index contributed by atoms with van der Waals surface area (Å²) < 4.78 is 0. The summed E-state index contributed by atoms with van der Waals surface area (Å²) in [5, 5.41) is 3.42. The van der Waals surface area contributed by atoms with E-state index in [1.165, 1.54) is 38.5 Å². The van der Waals surface area contributed by atoms with E-state index in [1.807, 2.05) is 0 Å². The van der Waals surface area contributed by atoms with Gasteiger partial charge in [0.25, 0.3) is 0 Å².